The second-order valence-corrected chi connectivity index (χ2v) is 8.00. The zero-order valence-corrected chi connectivity index (χ0v) is 15.5. The minimum absolute atomic E-state index is 0.0589. The van der Waals surface area contributed by atoms with Crippen molar-refractivity contribution in [2.75, 3.05) is 16.0 Å². The third kappa shape index (κ3) is 3.06. The lowest BCUT2D eigenvalue weighted by molar-refractivity contribution is -0.117. The molecule has 1 amide bonds. The molecule has 0 radical (unpaired) electrons. The Bertz CT molecular complexity index is 807. The van der Waals surface area contributed by atoms with Crippen LogP contribution in [0.5, 0.6) is 0 Å². The SMILES string of the molecule is Cc1nc(Nc2nc3c(s2)CCCC3)c2c(n1)NC(C(C)C)C(=O)N2. The van der Waals surface area contributed by atoms with Crippen LogP contribution in [-0.2, 0) is 17.6 Å². The molecule has 3 heterocycles. The number of thiazole rings is 1. The standard InChI is InChI=1S/C17H22N6OS/c1-8(2)12-16(24)22-13-14(21-12)18-9(3)19-15(13)23-17-20-10-6-4-5-7-11(10)25-17/h8,12H,4-7H2,1-3H3,(H,22,24)(H2,18,19,20,21,23). The Morgan fingerprint density at radius 1 is 1.20 bits per heavy atom. The molecule has 132 valence electrons. The number of hydrogen-bond donors (Lipinski definition) is 3. The molecule has 0 saturated heterocycles. The Labute approximate surface area is 150 Å². The third-order valence-electron chi connectivity index (χ3n) is 4.58. The third-order valence-corrected chi connectivity index (χ3v) is 5.65. The predicted octanol–water partition coefficient (Wildman–Crippen LogP) is 3.25. The first-order valence-corrected chi connectivity index (χ1v) is 9.54. The van der Waals surface area contributed by atoms with Crippen LogP contribution in [0.3, 0.4) is 0 Å². The smallest absolute Gasteiger partial charge is 0.247 e. The van der Waals surface area contributed by atoms with Gasteiger partial charge < -0.3 is 16.0 Å². The van der Waals surface area contributed by atoms with Gasteiger partial charge in [-0.2, -0.15) is 0 Å². The van der Waals surface area contributed by atoms with Crippen LogP contribution < -0.4 is 16.0 Å². The second-order valence-electron chi connectivity index (χ2n) is 6.92. The minimum atomic E-state index is -0.290. The number of carbonyl (C=O) groups is 1. The molecule has 25 heavy (non-hydrogen) atoms. The lowest BCUT2D eigenvalue weighted by atomic mass is 10.0. The van der Waals surface area contributed by atoms with Crippen molar-refractivity contribution < 1.29 is 4.79 Å². The van der Waals surface area contributed by atoms with Gasteiger partial charge in [0.1, 0.15) is 17.6 Å². The van der Waals surface area contributed by atoms with Gasteiger partial charge in [-0.15, -0.1) is 11.3 Å². The van der Waals surface area contributed by atoms with Crippen LogP contribution >= 0.6 is 11.3 Å². The molecule has 0 bridgehead atoms. The first kappa shape index (κ1) is 16.3. The zero-order chi connectivity index (χ0) is 17.6. The van der Waals surface area contributed by atoms with Crippen LogP contribution in [0.2, 0.25) is 0 Å². The van der Waals surface area contributed by atoms with Gasteiger partial charge in [-0.3, -0.25) is 4.79 Å². The molecule has 2 aromatic rings. The number of nitrogens with zero attached hydrogens (tertiary/aromatic N) is 3. The van der Waals surface area contributed by atoms with Crippen LogP contribution in [0.1, 0.15) is 43.1 Å². The van der Waals surface area contributed by atoms with Gasteiger partial charge in [0.15, 0.2) is 16.8 Å². The minimum Gasteiger partial charge on any atom is -0.356 e. The topological polar surface area (TPSA) is 91.8 Å². The molecule has 0 spiro atoms. The van der Waals surface area contributed by atoms with Crippen molar-refractivity contribution in [3.8, 4) is 0 Å². The summed E-state index contributed by atoms with van der Waals surface area (Å²) in [4.78, 5) is 27.4. The average Bonchev–Trinajstić information content (AvgIpc) is 2.97. The maximum Gasteiger partial charge on any atom is 0.247 e. The highest BCUT2D eigenvalue weighted by Crippen LogP contribution is 2.36. The van der Waals surface area contributed by atoms with E-state index in [1.807, 2.05) is 20.8 Å². The van der Waals surface area contributed by atoms with E-state index < -0.39 is 0 Å². The molecular formula is C17H22N6OS. The van der Waals surface area contributed by atoms with Crippen LogP contribution in [0, 0.1) is 12.8 Å². The molecular weight excluding hydrogens is 336 g/mol. The highest BCUT2D eigenvalue weighted by atomic mass is 32.1. The van der Waals surface area contributed by atoms with E-state index in [0.717, 1.165) is 18.0 Å². The van der Waals surface area contributed by atoms with E-state index in [0.29, 0.717) is 23.1 Å². The summed E-state index contributed by atoms with van der Waals surface area (Å²) in [7, 11) is 0. The molecule has 2 aliphatic rings. The normalized spacial score (nSPS) is 19.0. The molecule has 0 saturated carbocycles. The summed E-state index contributed by atoms with van der Waals surface area (Å²) < 4.78 is 0. The molecule has 1 aliphatic heterocycles. The summed E-state index contributed by atoms with van der Waals surface area (Å²) in [6, 6.07) is -0.290. The summed E-state index contributed by atoms with van der Waals surface area (Å²) in [5, 5.41) is 10.3. The van der Waals surface area contributed by atoms with Crippen molar-refractivity contribution in [2.45, 2.75) is 52.5 Å². The first-order chi connectivity index (χ1) is 12.0. The van der Waals surface area contributed by atoms with Crippen LogP contribution in [-0.4, -0.2) is 26.9 Å². The highest BCUT2D eigenvalue weighted by Gasteiger charge is 2.31. The van der Waals surface area contributed by atoms with Gasteiger partial charge in [0.25, 0.3) is 0 Å². The van der Waals surface area contributed by atoms with Crippen molar-refractivity contribution in [3.63, 3.8) is 0 Å². The maximum atomic E-state index is 12.4. The summed E-state index contributed by atoms with van der Waals surface area (Å²) in [6.07, 6.45) is 4.58. The Hall–Kier alpha value is -2.22. The number of carbonyl (C=O) groups excluding carboxylic acids is 1. The Kier molecular flexibility index (Phi) is 4.07. The Morgan fingerprint density at radius 2 is 2.00 bits per heavy atom. The van der Waals surface area contributed by atoms with Crippen molar-refractivity contribution in [1.82, 2.24) is 15.0 Å². The summed E-state index contributed by atoms with van der Waals surface area (Å²) in [5.41, 5.74) is 1.79. The Morgan fingerprint density at radius 3 is 2.76 bits per heavy atom. The van der Waals surface area contributed by atoms with E-state index in [1.165, 1.54) is 23.4 Å². The number of aromatic nitrogens is 3. The quantitative estimate of drug-likeness (QED) is 0.780. The van der Waals surface area contributed by atoms with Crippen molar-refractivity contribution in [2.24, 2.45) is 5.92 Å². The van der Waals surface area contributed by atoms with Gasteiger partial charge >= 0.3 is 0 Å². The molecule has 3 N–H and O–H groups in total. The van der Waals surface area contributed by atoms with E-state index in [2.05, 4.69) is 25.9 Å². The van der Waals surface area contributed by atoms with E-state index in [-0.39, 0.29) is 17.9 Å². The molecule has 7 nitrogen and oxygen atoms in total. The molecule has 8 heteroatoms. The number of aryl methyl sites for hydroxylation is 3. The molecule has 0 fully saturated rings. The fourth-order valence-electron chi connectivity index (χ4n) is 3.28. The average molecular weight is 358 g/mol. The molecule has 1 unspecified atom stereocenters. The number of nitrogens with one attached hydrogen (secondary N) is 3. The zero-order valence-electron chi connectivity index (χ0n) is 14.6. The first-order valence-electron chi connectivity index (χ1n) is 8.73. The highest BCUT2D eigenvalue weighted by molar-refractivity contribution is 7.15. The largest absolute Gasteiger partial charge is 0.356 e. The summed E-state index contributed by atoms with van der Waals surface area (Å²) in [6.45, 7) is 5.87. The number of fused-ring (bicyclic) bond motifs is 2. The van der Waals surface area contributed by atoms with Crippen molar-refractivity contribution in [3.05, 3.63) is 16.4 Å². The molecule has 1 atom stereocenters. The lowest BCUT2D eigenvalue weighted by Gasteiger charge is -2.29. The fraction of sp³-hybridized carbons (Fsp3) is 0.529. The van der Waals surface area contributed by atoms with Crippen LogP contribution in [0.25, 0.3) is 0 Å². The van der Waals surface area contributed by atoms with E-state index in [9.17, 15) is 4.79 Å². The van der Waals surface area contributed by atoms with Crippen LogP contribution in [0.4, 0.5) is 22.5 Å². The van der Waals surface area contributed by atoms with Gasteiger partial charge in [-0.25, -0.2) is 15.0 Å². The lowest BCUT2D eigenvalue weighted by Crippen LogP contribution is -2.43. The van der Waals surface area contributed by atoms with Crippen molar-refractivity contribution >= 4 is 39.7 Å². The molecule has 2 aromatic heterocycles. The van der Waals surface area contributed by atoms with Gasteiger partial charge in [0, 0.05) is 4.88 Å². The van der Waals surface area contributed by atoms with Crippen LogP contribution in [0.15, 0.2) is 0 Å². The molecule has 4 rings (SSSR count). The molecule has 0 aromatic carbocycles. The second kappa shape index (κ2) is 6.25. The monoisotopic (exact) mass is 358 g/mol. The van der Waals surface area contributed by atoms with Crippen molar-refractivity contribution in [1.29, 1.82) is 0 Å². The predicted molar refractivity (Wildman–Crippen MR) is 99.7 cm³/mol. The maximum absolute atomic E-state index is 12.4. The van der Waals surface area contributed by atoms with Gasteiger partial charge in [-0.05, 0) is 38.5 Å². The number of hydrogen-bond acceptors (Lipinski definition) is 7. The number of rotatable bonds is 3. The fourth-order valence-corrected chi connectivity index (χ4v) is 4.32. The summed E-state index contributed by atoms with van der Waals surface area (Å²) in [5.74, 6) is 2.02. The Balaban J connectivity index is 1.67. The summed E-state index contributed by atoms with van der Waals surface area (Å²) >= 11 is 1.68. The number of anilines is 4. The van der Waals surface area contributed by atoms with E-state index in [1.54, 1.807) is 11.3 Å². The van der Waals surface area contributed by atoms with Gasteiger partial charge in [0.2, 0.25) is 5.91 Å². The van der Waals surface area contributed by atoms with E-state index in [4.69, 9.17) is 4.98 Å². The number of amides is 1. The van der Waals surface area contributed by atoms with Gasteiger partial charge in [0.05, 0.1) is 5.69 Å². The van der Waals surface area contributed by atoms with E-state index >= 15 is 0 Å². The van der Waals surface area contributed by atoms with Gasteiger partial charge in [-0.1, -0.05) is 13.8 Å². The molecule has 1 aliphatic carbocycles.